The monoisotopic (exact) mass is 502 g/mol. The summed E-state index contributed by atoms with van der Waals surface area (Å²) in [4.78, 5) is 27.8. The van der Waals surface area contributed by atoms with Crippen LogP contribution in [0.25, 0.3) is 61.2 Å². The molecule has 0 radical (unpaired) electrons. The van der Waals surface area contributed by atoms with E-state index in [0.29, 0.717) is 12.8 Å². The van der Waals surface area contributed by atoms with Gasteiger partial charge in [0.1, 0.15) is 5.82 Å². The number of hydrogen-bond acceptors (Lipinski definition) is 4. The predicted octanol–water partition coefficient (Wildman–Crippen LogP) is 7.58. The van der Waals surface area contributed by atoms with E-state index in [4.69, 9.17) is 9.97 Å². The second kappa shape index (κ2) is 8.43. The third-order valence-electron chi connectivity index (χ3n) is 7.70. The van der Waals surface area contributed by atoms with Crippen LogP contribution in [0.5, 0.6) is 0 Å². The maximum absolute atomic E-state index is 13.1. The van der Waals surface area contributed by atoms with Gasteiger partial charge in [0.05, 0.1) is 33.4 Å². The summed E-state index contributed by atoms with van der Waals surface area (Å²) in [5.41, 5.74) is 9.38. The van der Waals surface area contributed by atoms with Crippen LogP contribution >= 0.6 is 0 Å². The number of carbonyl (C=O) groups excluding carboxylic acids is 1. The molecule has 1 aliphatic heterocycles. The molecule has 4 aromatic carbocycles. The van der Waals surface area contributed by atoms with E-state index in [2.05, 4.69) is 76.3 Å². The maximum Gasteiger partial charge on any atom is 0.165 e. The molecule has 0 amide bonds. The van der Waals surface area contributed by atoms with E-state index < -0.39 is 0 Å². The normalized spacial score (nSPS) is 13.0. The summed E-state index contributed by atoms with van der Waals surface area (Å²) in [6, 6.07) is 34.9. The Morgan fingerprint density at radius 3 is 2.33 bits per heavy atom. The standard InChI is InChI=1S/C34H22N4O/c39-30-19-17-22-5-1-2-9-29(22)38-33-26(30)7-3-8-28(33)37-34(38)25-14-10-21(11-15-25)27-18-16-24-13-12-23-6-4-20-35-31(23)32(24)36-27/h1-16,18,20H,17,19H2. The average molecular weight is 503 g/mol. The van der Waals surface area contributed by atoms with Crippen molar-refractivity contribution in [1.82, 2.24) is 19.5 Å². The number of benzene rings is 4. The summed E-state index contributed by atoms with van der Waals surface area (Å²) in [6.45, 7) is 0. The summed E-state index contributed by atoms with van der Waals surface area (Å²) >= 11 is 0. The molecule has 0 atom stereocenters. The van der Waals surface area contributed by atoms with Gasteiger partial charge in [-0.05, 0) is 42.3 Å². The zero-order chi connectivity index (χ0) is 25.9. The first kappa shape index (κ1) is 21.9. The fraction of sp³-hybridized carbons (Fsp3) is 0.0588. The number of pyridine rings is 2. The van der Waals surface area contributed by atoms with Crippen LogP contribution < -0.4 is 0 Å². The zero-order valence-electron chi connectivity index (χ0n) is 21.0. The van der Waals surface area contributed by atoms with E-state index in [1.807, 2.05) is 42.6 Å². The molecule has 4 heterocycles. The second-order valence-electron chi connectivity index (χ2n) is 9.98. The average Bonchev–Trinajstić information content (AvgIpc) is 3.39. The molecule has 5 heteroatoms. The Bertz CT molecular complexity index is 2090. The number of rotatable bonds is 2. The van der Waals surface area contributed by atoms with Gasteiger partial charge < -0.3 is 0 Å². The SMILES string of the molecule is O=C1CCc2ccccc2-n2c(-c3ccc(-c4ccc5ccc6cccnc6c5n4)cc3)nc3cccc1c32. The van der Waals surface area contributed by atoms with E-state index in [1.165, 1.54) is 0 Å². The Morgan fingerprint density at radius 1 is 0.641 bits per heavy atom. The van der Waals surface area contributed by atoms with Gasteiger partial charge in [0.2, 0.25) is 0 Å². The quantitative estimate of drug-likeness (QED) is 0.229. The molecule has 0 bridgehead atoms. The molecule has 0 aliphatic carbocycles. The summed E-state index contributed by atoms with van der Waals surface area (Å²) in [6.07, 6.45) is 3.01. The number of para-hydroxylation sites is 2. The highest BCUT2D eigenvalue weighted by Crippen LogP contribution is 2.35. The maximum atomic E-state index is 13.1. The molecular weight excluding hydrogens is 480 g/mol. The Morgan fingerprint density at radius 2 is 1.44 bits per heavy atom. The summed E-state index contributed by atoms with van der Waals surface area (Å²) in [7, 11) is 0. The number of imidazole rings is 1. The van der Waals surface area contributed by atoms with E-state index >= 15 is 0 Å². The Balaban J connectivity index is 1.29. The van der Waals surface area contributed by atoms with Gasteiger partial charge >= 0.3 is 0 Å². The van der Waals surface area contributed by atoms with Crippen molar-refractivity contribution < 1.29 is 4.79 Å². The number of aromatic nitrogens is 4. The first-order valence-electron chi connectivity index (χ1n) is 13.1. The van der Waals surface area contributed by atoms with Gasteiger partial charge in [-0.15, -0.1) is 0 Å². The summed E-state index contributed by atoms with van der Waals surface area (Å²) in [5.74, 6) is 0.982. The van der Waals surface area contributed by atoms with Crippen molar-refractivity contribution in [3.05, 3.63) is 120 Å². The minimum absolute atomic E-state index is 0.155. The van der Waals surface area contributed by atoms with E-state index in [9.17, 15) is 4.79 Å². The minimum Gasteiger partial charge on any atom is -0.294 e. The highest BCUT2D eigenvalue weighted by molar-refractivity contribution is 6.08. The van der Waals surface area contributed by atoms with Crippen LogP contribution in [-0.2, 0) is 6.42 Å². The van der Waals surface area contributed by atoms with Crippen LogP contribution in [0.2, 0.25) is 0 Å². The molecule has 39 heavy (non-hydrogen) atoms. The fourth-order valence-electron chi connectivity index (χ4n) is 5.78. The van der Waals surface area contributed by atoms with E-state index in [-0.39, 0.29) is 5.78 Å². The van der Waals surface area contributed by atoms with Crippen molar-refractivity contribution in [1.29, 1.82) is 0 Å². The number of Topliss-reactive ketones (excluding diaryl/α,β-unsaturated/α-hetero) is 1. The molecule has 0 saturated carbocycles. The minimum atomic E-state index is 0.155. The topological polar surface area (TPSA) is 60.7 Å². The van der Waals surface area contributed by atoms with Crippen molar-refractivity contribution in [2.75, 3.05) is 0 Å². The molecule has 5 nitrogen and oxygen atoms in total. The zero-order valence-corrected chi connectivity index (χ0v) is 21.0. The fourth-order valence-corrected chi connectivity index (χ4v) is 5.78. The number of aryl methyl sites for hydroxylation is 1. The molecule has 184 valence electrons. The van der Waals surface area contributed by atoms with Crippen LogP contribution in [0, 0.1) is 0 Å². The van der Waals surface area contributed by atoms with Gasteiger partial charge in [-0.2, -0.15) is 0 Å². The Labute approximate surface area is 224 Å². The first-order valence-corrected chi connectivity index (χ1v) is 13.1. The highest BCUT2D eigenvalue weighted by Gasteiger charge is 2.24. The van der Waals surface area contributed by atoms with Crippen molar-refractivity contribution in [3.8, 4) is 28.3 Å². The van der Waals surface area contributed by atoms with Crippen molar-refractivity contribution in [2.45, 2.75) is 12.8 Å². The third-order valence-corrected chi connectivity index (χ3v) is 7.70. The van der Waals surface area contributed by atoms with Gasteiger partial charge in [0.15, 0.2) is 5.78 Å². The molecular formula is C34H22N4O. The van der Waals surface area contributed by atoms with Gasteiger partial charge in [0, 0.05) is 40.1 Å². The molecule has 0 fully saturated rings. The largest absolute Gasteiger partial charge is 0.294 e. The molecule has 3 aromatic heterocycles. The predicted molar refractivity (Wildman–Crippen MR) is 155 cm³/mol. The lowest BCUT2D eigenvalue weighted by atomic mass is 9.98. The summed E-state index contributed by atoms with van der Waals surface area (Å²) in [5, 5.41) is 2.15. The first-order chi connectivity index (χ1) is 19.2. The molecule has 0 saturated heterocycles. The van der Waals surface area contributed by atoms with Crippen LogP contribution in [0.3, 0.4) is 0 Å². The third kappa shape index (κ3) is 3.40. The van der Waals surface area contributed by atoms with E-state index in [1.54, 1.807) is 0 Å². The Hall–Kier alpha value is -5.16. The Kier molecular flexibility index (Phi) is 4.73. The van der Waals surface area contributed by atoms with Gasteiger partial charge in [-0.25, -0.2) is 9.97 Å². The molecule has 0 N–H and O–H groups in total. The van der Waals surface area contributed by atoms with Crippen LogP contribution in [0.15, 0.2) is 109 Å². The number of hydrogen-bond donors (Lipinski definition) is 0. The number of carbonyl (C=O) groups is 1. The number of ketones is 1. The lowest BCUT2D eigenvalue weighted by molar-refractivity contribution is 0.0984. The van der Waals surface area contributed by atoms with Crippen molar-refractivity contribution >= 4 is 38.6 Å². The van der Waals surface area contributed by atoms with Gasteiger partial charge in [-0.1, -0.05) is 72.8 Å². The molecule has 7 aromatic rings. The van der Waals surface area contributed by atoms with Crippen LogP contribution in [0.1, 0.15) is 22.3 Å². The molecule has 0 unspecified atom stereocenters. The smallest absolute Gasteiger partial charge is 0.165 e. The van der Waals surface area contributed by atoms with Crippen molar-refractivity contribution in [3.63, 3.8) is 0 Å². The molecule has 0 spiro atoms. The second-order valence-corrected chi connectivity index (χ2v) is 9.98. The lowest BCUT2D eigenvalue weighted by Crippen LogP contribution is -2.11. The van der Waals surface area contributed by atoms with Crippen molar-refractivity contribution in [2.24, 2.45) is 0 Å². The van der Waals surface area contributed by atoms with Crippen LogP contribution in [0.4, 0.5) is 0 Å². The van der Waals surface area contributed by atoms with Gasteiger partial charge in [-0.3, -0.25) is 14.3 Å². The lowest BCUT2D eigenvalue weighted by Gasteiger charge is -2.18. The van der Waals surface area contributed by atoms with Crippen LogP contribution in [-0.4, -0.2) is 25.3 Å². The summed E-state index contributed by atoms with van der Waals surface area (Å²) < 4.78 is 2.16. The number of nitrogens with zero attached hydrogens (tertiary/aromatic N) is 4. The highest BCUT2D eigenvalue weighted by atomic mass is 16.1. The molecule has 8 rings (SSSR count). The van der Waals surface area contributed by atoms with Gasteiger partial charge in [0.25, 0.3) is 0 Å². The molecule has 1 aliphatic rings. The van der Waals surface area contributed by atoms with E-state index in [0.717, 1.165) is 72.3 Å². The number of fused-ring (bicyclic) bond motifs is 5.